The van der Waals surface area contributed by atoms with Crippen LogP contribution in [-0.2, 0) is 0 Å². The van der Waals surface area contributed by atoms with Gasteiger partial charge in [-0.3, -0.25) is 0 Å². The highest BCUT2D eigenvalue weighted by atomic mass is 35.5. The standard InChI is InChI=1S/C21H23ClN4O2/c1-13(2)28-19-8-6-5-7-16(19)25-21-23-14(3)11-20(26-21)24-17-12-15(22)9-10-18(17)27-4/h5-13H,1-4H3,(H2,23,24,25,26). The predicted octanol–water partition coefficient (Wildman–Crippen LogP) is 5.72. The number of hydrogen-bond acceptors (Lipinski definition) is 6. The van der Waals surface area contributed by atoms with Crippen molar-refractivity contribution in [2.45, 2.75) is 26.9 Å². The van der Waals surface area contributed by atoms with Gasteiger partial charge in [-0.1, -0.05) is 23.7 Å². The van der Waals surface area contributed by atoms with Crippen molar-refractivity contribution in [2.24, 2.45) is 0 Å². The maximum Gasteiger partial charge on any atom is 0.229 e. The van der Waals surface area contributed by atoms with Gasteiger partial charge in [-0.15, -0.1) is 0 Å². The number of nitrogens with one attached hydrogen (secondary N) is 2. The Hall–Kier alpha value is -2.99. The van der Waals surface area contributed by atoms with Gasteiger partial charge < -0.3 is 20.1 Å². The van der Waals surface area contributed by atoms with Crippen molar-refractivity contribution in [1.82, 2.24) is 9.97 Å². The molecule has 0 fully saturated rings. The molecule has 0 aliphatic rings. The van der Waals surface area contributed by atoms with Gasteiger partial charge in [0.25, 0.3) is 0 Å². The third-order valence-electron chi connectivity index (χ3n) is 3.77. The van der Waals surface area contributed by atoms with E-state index in [4.69, 9.17) is 21.1 Å². The minimum atomic E-state index is 0.0638. The van der Waals surface area contributed by atoms with Crippen LogP contribution in [0.1, 0.15) is 19.5 Å². The van der Waals surface area contributed by atoms with Crippen molar-refractivity contribution in [1.29, 1.82) is 0 Å². The van der Waals surface area contributed by atoms with Gasteiger partial charge in [-0.2, -0.15) is 4.98 Å². The number of methoxy groups -OCH3 is 1. The van der Waals surface area contributed by atoms with Gasteiger partial charge in [-0.25, -0.2) is 4.98 Å². The van der Waals surface area contributed by atoms with Crippen molar-refractivity contribution < 1.29 is 9.47 Å². The lowest BCUT2D eigenvalue weighted by Crippen LogP contribution is -2.08. The average Bonchev–Trinajstić information content (AvgIpc) is 2.63. The fourth-order valence-corrected chi connectivity index (χ4v) is 2.82. The Kier molecular flexibility index (Phi) is 6.21. The molecule has 2 aromatic carbocycles. The lowest BCUT2D eigenvalue weighted by molar-refractivity contribution is 0.244. The number of anilines is 4. The van der Waals surface area contributed by atoms with Crippen LogP contribution in [0.3, 0.4) is 0 Å². The average molecular weight is 399 g/mol. The van der Waals surface area contributed by atoms with E-state index >= 15 is 0 Å². The highest BCUT2D eigenvalue weighted by molar-refractivity contribution is 6.31. The molecule has 0 spiro atoms. The number of ether oxygens (including phenoxy) is 2. The van der Waals surface area contributed by atoms with E-state index in [0.29, 0.717) is 22.5 Å². The van der Waals surface area contributed by atoms with Gasteiger partial charge in [-0.05, 0) is 51.1 Å². The fraction of sp³-hybridized carbons (Fsp3) is 0.238. The van der Waals surface area contributed by atoms with E-state index in [1.54, 1.807) is 25.3 Å². The summed E-state index contributed by atoms with van der Waals surface area (Å²) in [6.45, 7) is 5.88. The van der Waals surface area contributed by atoms with Gasteiger partial charge in [0.15, 0.2) is 0 Å². The molecule has 7 heteroatoms. The highest BCUT2D eigenvalue weighted by Gasteiger charge is 2.10. The largest absolute Gasteiger partial charge is 0.495 e. The molecular weight excluding hydrogens is 376 g/mol. The molecule has 1 heterocycles. The van der Waals surface area contributed by atoms with E-state index in [0.717, 1.165) is 22.8 Å². The summed E-state index contributed by atoms with van der Waals surface area (Å²) in [4.78, 5) is 9.04. The van der Waals surface area contributed by atoms with Crippen LogP contribution in [-0.4, -0.2) is 23.2 Å². The normalized spacial score (nSPS) is 10.6. The molecular formula is C21H23ClN4O2. The number of nitrogens with zero attached hydrogens (tertiary/aromatic N) is 2. The van der Waals surface area contributed by atoms with Crippen LogP contribution in [0.5, 0.6) is 11.5 Å². The molecule has 0 bridgehead atoms. The van der Waals surface area contributed by atoms with Crippen molar-refractivity contribution in [3.63, 3.8) is 0 Å². The van der Waals surface area contributed by atoms with Crippen LogP contribution in [0.4, 0.5) is 23.1 Å². The van der Waals surface area contributed by atoms with Crippen molar-refractivity contribution in [3.05, 3.63) is 59.2 Å². The maximum absolute atomic E-state index is 6.11. The summed E-state index contributed by atoms with van der Waals surface area (Å²) in [6.07, 6.45) is 0.0638. The molecule has 3 rings (SSSR count). The molecule has 2 N–H and O–H groups in total. The summed E-state index contributed by atoms with van der Waals surface area (Å²) in [5.74, 6) is 2.50. The Morgan fingerprint density at radius 1 is 0.929 bits per heavy atom. The quantitative estimate of drug-likeness (QED) is 0.530. The second kappa shape index (κ2) is 8.80. The van der Waals surface area contributed by atoms with Gasteiger partial charge >= 0.3 is 0 Å². The van der Waals surface area contributed by atoms with Crippen LogP contribution >= 0.6 is 11.6 Å². The van der Waals surface area contributed by atoms with Crippen LogP contribution in [0, 0.1) is 6.92 Å². The Balaban J connectivity index is 1.88. The number of halogens is 1. The number of aryl methyl sites for hydroxylation is 1. The summed E-state index contributed by atoms with van der Waals surface area (Å²) in [5, 5.41) is 7.09. The first-order chi connectivity index (χ1) is 13.4. The monoisotopic (exact) mass is 398 g/mol. The molecule has 0 radical (unpaired) electrons. The summed E-state index contributed by atoms with van der Waals surface area (Å²) in [6, 6.07) is 14.9. The van der Waals surface area contributed by atoms with Crippen LogP contribution in [0.15, 0.2) is 48.5 Å². The lowest BCUT2D eigenvalue weighted by atomic mass is 10.3. The molecule has 0 unspecified atom stereocenters. The SMILES string of the molecule is COc1ccc(Cl)cc1Nc1cc(C)nc(Nc2ccccc2OC(C)C)n1. The first kappa shape index (κ1) is 19.8. The molecule has 0 amide bonds. The molecule has 0 atom stereocenters. The van der Waals surface area contributed by atoms with Gasteiger partial charge in [0.1, 0.15) is 17.3 Å². The summed E-state index contributed by atoms with van der Waals surface area (Å²) in [5.41, 5.74) is 2.33. The molecule has 146 valence electrons. The highest BCUT2D eigenvalue weighted by Crippen LogP contribution is 2.31. The predicted molar refractivity (Wildman–Crippen MR) is 114 cm³/mol. The van der Waals surface area contributed by atoms with Crippen LogP contribution < -0.4 is 20.1 Å². The van der Waals surface area contributed by atoms with Gasteiger partial charge in [0.05, 0.1) is 24.6 Å². The van der Waals surface area contributed by atoms with E-state index < -0.39 is 0 Å². The fourth-order valence-electron chi connectivity index (χ4n) is 2.65. The Bertz CT molecular complexity index is 963. The van der Waals surface area contributed by atoms with Crippen molar-refractivity contribution >= 4 is 34.7 Å². The third-order valence-corrected chi connectivity index (χ3v) is 4.01. The molecule has 3 aromatic rings. The Morgan fingerprint density at radius 3 is 2.46 bits per heavy atom. The van der Waals surface area contributed by atoms with Crippen molar-refractivity contribution in [2.75, 3.05) is 17.7 Å². The van der Waals surface area contributed by atoms with Gasteiger partial charge in [0, 0.05) is 16.8 Å². The molecule has 6 nitrogen and oxygen atoms in total. The molecule has 28 heavy (non-hydrogen) atoms. The van der Waals surface area contributed by atoms with E-state index in [2.05, 4.69) is 20.6 Å². The lowest BCUT2D eigenvalue weighted by Gasteiger charge is -2.16. The number of hydrogen-bond donors (Lipinski definition) is 2. The summed E-state index contributed by atoms with van der Waals surface area (Å²) < 4.78 is 11.2. The van der Waals surface area contributed by atoms with E-state index in [-0.39, 0.29) is 6.10 Å². The minimum Gasteiger partial charge on any atom is -0.495 e. The second-order valence-electron chi connectivity index (χ2n) is 6.48. The van der Waals surface area contributed by atoms with Gasteiger partial charge in [0.2, 0.25) is 5.95 Å². The zero-order chi connectivity index (χ0) is 20.1. The van der Waals surface area contributed by atoms with Crippen LogP contribution in [0.25, 0.3) is 0 Å². The second-order valence-corrected chi connectivity index (χ2v) is 6.91. The summed E-state index contributed by atoms with van der Waals surface area (Å²) in [7, 11) is 1.61. The van der Waals surface area contributed by atoms with E-state index in [9.17, 15) is 0 Å². The molecule has 0 saturated carbocycles. The third kappa shape index (κ3) is 5.04. The van der Waals surface area contributed by atoms with E-state index in [1.807, 2.05) is 51.1 Å². The number of benzene rings is 2. The Labute approximate surface area is 169 Å². The number of rotatable bonds is 7. The Morgan fingerprint density at radius 2 is 1.71 bits per heavy atom. The first-order valence-electron chi connectivity index (χ1n) is 8.93. The summed E-state index contributed by atoms with van der Waals surface area (Å²) >= 11 is 6.11. The van der Waals surface area contributed by atoms with E-state index in [1.165, 1.54) is 0 Å². The smallest absolute Gasteiger partial charge is 0.229 e. The molecule has 0 aliphatic carbocycles. The maximum atomic E-state index is 6.11. The number of para-hydroxylation sites is 2. The first-order valence-corrected chi connectivity index (χ1v) is 9.31. The molecule has 0 saturated heterocycles. The zero-order valence-electron chi connectivity index (χ0n) is 16.3. The van der Waals surface area contributed by atoms with Crippen LogP contribution in [0.2, 0.25) is 5.02 Å². The number of aromatic nitrogens is 2. The van der Waals surface area contributed by atoms with Crippen molar-refractivity contribution in [3.8, 4) is 11.5 Å². The zero-order valence-corrected chi connectivity index (χ0v) is 17.0. The minimum absolute atomic E-state index is 0.0638. The molecule has 1 aromatic heterocycles. The molecule has 0 aliphatic heterocycles. The topological polar surface area (TPSA) is 68.3 Å².